The Morgan fingerprint density at radius 2 is 2.27 bits per heavy atom. The quantitative estimate of drug-likeness (QED) is 0.752. The summed E-state index contributed by atoms with van der Waals surface area (Å²) in [4.78, 5) is 11.8. The van der Waals surface area contributed by atoms with E-state index in [1.54, 1.807) is 0 Å². The summed E-state index contributed by atoms with van der Waals surface area (Å²) < 4.78 is 5.37. The highest BCUT2D eigenvalue weighted by Crippen LogP contribution is 2.19. The molecule has 0 bridgehead atoms. The third kappa shape index (κ3) is 3.65. The van der Waals surface area contributed by atoms with Crippen molar-refractivity contribution in [1.82, 2.24) is 5.32 Å². The average molecular weight is 234 g/mol. The smallest absolute Gasteiger partial charge is 0.225 e. The van der Waals surface area contributed by atoms with Crippen molar-refractivity contribution in [1.29, 1.82) is 0 Å². The Balaban J connectivity index is 2.40. The van der Waals surface area contributed by atoms with E-state index in [1.807, 2.05) is 6.92 Å². The van der Waals surface area contributed by atoms with Crippen LogP contribution in [-0.4, -0.2) is 30.5 Å². The number of rotatable bonds is 4. The van der Waals surface area contributed by atoms with E-state index in [9.17, 15) is 4.79 Å². The second-order valence-corrected chi connectivity index (χ2v) is 4.90. The van der Waals surface area contributed by atoms with E-state index in [2.05, 4.69) is 19.2 Å². The van der Waals surface area contributed by atoms with E-state index in [0.717, 1.165) is 6.42 Å². The summed E-state index contributed by atoms with van der Waals surface area (Å²) >= 11 is 5.80. The van der Waals surface area contributed by atoms with Gasteiger partial charge in [0.2, 0.25) is 5.91 Å². The topological polar surface area (TPSA) is 38.3 Å². The first-order valence-corrected chi connectivity index (χ1v) is 6.06. The fourth-order valence-electron chi connectivity index (χ4n) is 1.68. The number of ether oxygens (including phenoxy) is 1. The third-order valence-corrected chi connectivity index (χ3v) is 3.20. The minimum atomic E-state index is 0.00414. The van der Waals surface area contributed by atoms with Crippen molar-refractivity contribution in [2.24, 2.45) is 11.8 Å². The number of carbonyl (C=O) groups excluding carboxylic acids is 1. The molecule has 1 aliphatic rings. The van der Waals surface area contributed by atoms with Crippen LogP contribution in [0.2, 0.25) is 0 Å². The van der Waals surface area contributed by atoms with Gasteiger partial charge < -0.3 is 10.1 Å². The van der Waals surface area contributed by atoms with Crippen LogP contribution in [0, 0.1) is 11.8 Å². The van der Waals surface area contributed by atoms with Crippen LogP contribution < -0.4 is 5.32 Å². The van der Waals surface area contributed by atoms with Crippen LogP contribution in [0.15, 0.2) is 0 Å². The number of alkyl halides is 1. The Hall–Kier alpha value is -0.280. The van der Waals surface area contributed by atoms with Gasteiger partial charge in [0, 0.05) is 11.9 Å². The zero-order chi connectivity index (χ0) is 11.4. The molecule has 15 heavy (non-hydrogen) atoms. The minimum Gasteiger partial charge on any atom is -0.378 e. The second-order valence-electron chi connectivity index (χ2n) is 4.59. The molecular weight excluding hydrogens is 214 g/mol. The maximum atomic E-state index is 11.8. The molecule has 0 radical (unpaired) electrons. The maximum Gasteiger partial charge on any atom is 0.225 e. The van der Waals surface area contributed by atoms with Gasteiger partial charge in [-0.3, -0.25) is 4.79 Å². The first-order valence-electron chi connectivity index (χ1n) is 5.52. The van der Waals surface area contributed by atoms with Gasteiger partial charge in [0.25, 0.3) is 0 Å². The predicted octanol–water partition coefficient (Wildman–Crippen LogP) is 1.79. The van der Waals surface area contributed by atoms with Crippen LogP contribution in [0.25, 0.3) is 0 Å². The van der Waals surface area contributed by atoms with E-state index in [0.29, 0.717) is 18.4 Å². The largest absolute Gasteiger partial charge is 0.378 e. The van der Waals surface area contributed by atoms with E-state index in [-0.39, 0.29) is 24.0 Å². The van der Waals surface area contributed by atoms with Crippen molar-refractivity contribution in [3.8, 4) is 0 Å². The predicted molar refractivity (Wildman–Crippen MR) is 61.0 cm³/mol. The number of hydrogen-bond acceptors (Lipinski definition) is 2. The maximum absolute atomic E-state index is 11.8. The molecule has 3 nitrogen and oxygen atoms in total. The van der Waals surface area contributed by atoms with E-state index >= 15 is 0 Å². The Morgan fingerprint density at radius 3 is 2.67 bits per heavy atom. The molecule has 1 heterocycles. The number of nitrogens with one attached hydrogen (secondary N) is 1. The molecule has 1 saturated heterocycles. The van der Waals surface area contributed by atoms with Crippen LogP contribution >= 0.6 is 11.6 Å². The highest BCUT2D eigenvalue weighted by Gasteiger charge is 2.29. The molecule has 3 unspecified atom stereocenters. The summed E-state index contributed by atoms with van der Waals surface area (Å²) in [6.45, 7) is 6.65. The molecule has 1 N–H and O–H groups in total. The first-order chi connectivity index (χ1) is 7.04. The zero-order valence-corrected chi connectivity index (χ0v) is 10.4. The molecule has 1 aliphatic heterocycles. The summed E-state index contributed by atoms with van der Waals surface area (Å²) in [5.41, 5.74) is 0. The number of hydrogen-bond donors (Lipinski definition) is 1. The van der Waals surface area contributed by atoms with Crippen molar-refractivity contribution in [2.45, 2.75) is 39.3 Å². The summed E-state index contributed by atoms with van der Waals surface area (Å²) in [6.07, 6.45) is 1.02. The fraction of sp³-hybridized carbons (Fsp3) is 0.909. The Morgan fingerprint density at radius 1 is 1.60 bits per heavy atom. The molecule has 88 valence electrons. The zero-order valence-electron chi connectivity index (χ0n) is 9.63. The van der Waals surface area contributed by atoms with Gasteiger partial charge in [-0.15, -0.1) is 11.6 Å². The molecule has 4 heteroatoms. The van der Waals surface area contributed by atoms with E-state index in [1.165, 1.54) is 0 Å². The van der Waals surface area contributed by atoms with Crippen LogP contribution in [0.1, 0.15) is 27.2 Å². The highest BCUT2D eigenvalue weighted by atomic mass is 35.5. The molecule has 0 aliphatic carbocycles. The molecule has 3 atom stereocenters. The lowest BCUT2D eigenvalue weighted by Gasteiger charge is -2.21. The highest BCUT2D eigenvalue weighted by molar-refractivity contribution is 6.18. The molecule has 0 aromatic rings. The van der Waals surface area contributed by atoms with Gasteiger partial charge in [-0.2, -0.15) is 0 Å². The van der Waals surface area contributed by atoms with Gasteiger partial charge in [-0.05, 0) is 19.3 Å². The molecule has 1 fully saturated rings. The van der Waals surface area contributed by atoms with Crippen LogP contribution in [-0.2, 0) is 9.53 Å². The lowest BCUT2D eigenvalue weighted by atomic mass is 10.0. The van der Waals surface area contributed by atoms with Crippen molar-refractivity contribution in [2.75, 3.05) is 12.5 Å². The third-order valence-electron chi connectivity index (χ3n) is 2.87. The fourth-order valence-corrected chi connectivity index (χ4v) is 2.12. The number of halogens is 1. The van der Waals surface area contributed by atoms with Gasteiger partial charge in [0.15, 0.2) is 0 Å². The summed E-state index contributed by atoms with van der Waals surface area (Å²) in [6, 6.07) is 0.0649. The van der Waals surface area contributed by atoms with Crippen molar-refractivity contribution in [3.63, 3.8) is 0 Å². The first kappa shape index (κ1) is 12.8. The molecule has 0 spiro atoms. The van der Waals surface area contributed by atoms with Crippen LogP contribution in [0.5, 0.6) is 0 Å². The van der Waals surface area contributed by atoms with Crippen molar-refractivity contribution in [3.05, 3.63) is 0 Å². The normalized spacial score (nSPS) is 28.1. The van der Waals surface area contributed by atoms with Gasteiger partial charge in [-0.1, -0.05) is 13.8 Å². The van der Waals surface area contributed by atoms with Crippen molar-refractivity contribution >= 4 is 17.5 Å². The Labute approximate surface area is 96.5 Å². The Bertz CT molecular complexity index is 221. The standard InChI is InChI=1S/C11H20ClNO2/c1-7(2)10(5-12)13-11(14)9-4-8(3)15-6-9/h7-10H,4-6H2,1-3H3,(H,13,14). The van der Waals surface area contributed by atoms with E-state index < -0.39 is 0 Å². The van der Waals surface area contributed by atoms with Gasteiger partial charge >= 0.3 is 0 Å². The van der Waals surface area contributed by atoms with Crippen LogP contribution in [0.4, 0.5) is 0 Å². The van der Waals surface area contributed by atoms with Gasteiger partial charge in [0.05, 0.1) is 18.6 Å². The second kappa shape index (κ2) is 5.71. The molecule has 0 saturated carbocycles. The molecular formula is C11H20ClNO2. The molecule has 0 aromatic heterocycles. The summed E-state index contributed by atoms with van der Waals surface area (Å²) in [5, 5.41) is 2.98. The van der Waals surface area contributed by atoms with Gasteiger partial charge in [-0.25, -0.2) is 0 Å². The van der Waals surface area contributed by atoms with Crippen molar-refractivity contribution < 1.29 is 9.53 Å². The number of amides is 1. The average Bonchev–Trinajstić information content (AvgIpc) is 2.60. The Kier molecular flexibility index (Phi) is 4.87. The van der Waals surface area contributed by atoms with Gasteiger partial charge in [0.1, 0.15) is 0 Å². The molecule has 1 amide bonds. The van der Waals surface area contributed by atoms with Crippen LogP contribution in [0.3, 0.4) is 0 Å². The number of carbonyl (C=O) groups is 1. The minimum absolute atomic E-state index is 0.00414. The monoisotopic (exact) mass is 233 g/mol. The van der Waals surface area contributed by atoms with E-state index in [4.69, 9.17) is 16.3 Å². The molecule has 0 aromatic carbocycles. The summed E-state index contributed by atoms with van der Waals surface area (Å²) in [7, 11) is 0. The summed E-state index contributed by atoms with van der Waals surface area (Å²) in [5.74, 6) is 0.918. The molecule has 1 rings (SSSR count). The lowest BCUT2D eigenvalue weighted by Crippen LogP contribution is -2.43. The lowest BCUT2D eigenvalue weighted by molar-refractivity contribution is -0.125. The SMILES string of the molecule is CC1CC(C(=O)NC(CCl)C(C)C)CO1.